The molecule has 0 amide bonds. The highest BCUT2D eigenvalue weighted by atomic mass is 15.0. The molecule has 0 aliphatic heterocycles. The monoisotopic (exact) mass is 205 g/mol. The summed E-state index contributed by atoms with van der Waals surface area (Å²) >= 11 is 0. The first kappa shape index (κ1) is 10.4. The number of rotatable bonds is 5. The van der Waals surface area contributed by atoms with Crippen molar-refractivity contribution in [2.24, 2.45) is 0 Å². The summed E-state index contributed by atoms with van der Waals surface area (Å²) in [6.07, 6.45) is 4.65. The quantitative estimate of drug-likeness (QED) is 0.803. The van der Waals surface area contributed by atoms with Crippen molar-refractivity contribution in [1.29, 1.82) is 0 Å². The second kappa shape index (κ2) is 4.60. The number of aryl methyl sites for hydroxylation is 1. The van der Waals surface area contributed by atoms with Crippen molar-refractivity contribution in [2.45, 2.75) is 45.4 Å². The van der Waals surface area contributed by atoms with Gasteiger partial charge in [0.15, 0.2) is 0 Å². The van der Waals surface area contributed by atoms with Crippen LogP contribution in [0.1, 0.15) is 50.5 Å². The van der Waals surface area contributed by atoms with Crippen LogP contribution < -0.4 is 5.32 Å². The van der Waals surface area contributed by atoms with E-state index in [-0.39, 0.29) is 0 Å². The van der Waals surface area contributed by atoms with Crippen LogP contribution in [0.5, 0.6) is 0 Å². The fraction of sp³-hybridized carbons (Fsp3) is 0.667. The van der Waals surface area contributed by atoms with Crippen LogP contribution in [0.2, 0.25) is 0 Å². The summed E-state index contributed by atoms with van der Waals surface area (Å²) < 4.78 is 0. The topological polar surface area (TPSA) is 37.8 Å². The molecule has 1 aliphatic rings. The molecule has 1 heterocycles. The van der Waals surface area contributed by atoms with Crippen LogP contribution in [-0.2, 0) is 6.42 Å². The number of hydrogen-bond acceptors (Lipinski definition) is 3. The van der Waals surface area contributed by atoms with Crippen molar-refractivity contribution in [3.8, 4) is 0 Å². The average Bonchev–Trinajstić information content (AvgIpc) is 3.09. The zero-order valence-corrected chi connectivity index (χ0v) is 9.58. The van der Waals surface area contributed by atoms with Gasteiger partial charge in [0.05, 0.1) is 0 Å². The van der Waals surface area contributed by atoms with Gasteiger partial charge in [-0.15, -0.1) is 0 Å². The first-order valence-electron chi connectivity index (χ1n) is 5.95. The molecule has 82 valence electrons. The maximum Gasteiger partial charge on any atom is 0.130 e. The number of nitrogens with zero attached hydrogens (tertiary/aromatic N) is 2. The molecule has 1 N–H and O–H groups in total. The van der Waals surface area contributed by atoms with Crippen molar-refractivity contribution in [3.05, 3.63) is 17.6 Å². The van der Waals surface area contributed by atoms with Crippen molar-refractivity contribution < 1.29 is 0 Å². The molecule has 1 aliphatic carbocycles. The molecule has 1 saturated carbocycles. The van der Waals surface area contributed by atoms with E-state index in [1.807, 2.05) is 0 Å². The SMILES string of the molecule is CCCNc1cc(C2CC2)nc(CC)n1. The lowest BCUT2D eigenvalue weighted by atomic mass is 10.2. The molecule has 0 atom stereocenters. The fourth-order valence-corrected chi connectivity index (χ4v) is 1.61. The van der Waals surface area contributed by atoms with Gasteiger partial charge in [-0.25, -0.2) is 9.97 Å². The summed E-state index contributed by atoms with van der Waals surface area (Å²) in [6.45, 7) is 5.26. The molecule has 1 aromatic heterocycles. The Hall–Kier alpha value is -1.12. The molecule has 0 aromatic carbocycles. The normalized spacial score (nSPS) is 15.3. The minimum atomic E-state index is 0.709. The number of hydrogen-bond donors (Lipinski definition) is 1. The molecule has 1 aromatic rings. The van der Waals surface area contributed by atoms with Crippen molar-refractivity contribution in [1.82, 2.24) is 9.97 Å². The lowest BCUT2D eigenvalue weighted by Gasteiger charge is -2.07. The molecule has 0 saturated heterocycles. The van der Waals surface area contributed by atoms with E-state index >= 15 is 0 Å². The summed E-state index contributed by atoms with van der Waals surface area (Å²) in [7, 11) is 0. The van der Waals surface area contributed by atoms with E-state index in [0.29, 0.717) is 5.92 Å². The third-order valence-corrected chi connectivity index (χ3v) is 2.66. The van der Waals surface area contributed by atoms with Crippen molar-refractivity contribution in [2.75, 3.05) is 11.9 Å². The molecule has 0 unspecified atom stereocenters. The zero-order chi connectivity index (χ0) is 10.7. The second-order valence-corrected chi connectivity index (χ2v) is 4.15. The molecule has 3 heteroatoms. The van der Waals surface area contributed by atoms with Crippen molar-refractivity contribution in [3.63, 3.8) is 0 Å². The average molecular weight is 205 g/mol. The first-order valence-corrected chi connectivity index (χ1v) is 5.95. The van der Waals surface area contributed by atoms with Gasteiger partial charge in [0.2, 0.25) is 0 Å². The molecule has 15 heavy (non-hydrogen) atoms. The van der Waals surface area contributed by atoms with Gasteiger partial charge in [0.25, 0.3) is 0 Å². The predicted molar refractivity (Wildman–Crippen MR) is 62.2 cm³/mol. The summed E-state index contributed by atoms with van der Waals surface area (Å²) in [5, 5.41) is 3.34. The van der Waals surface area contributed by atoms with E-state index in [1.54, 1.807) is 0 Å². The molecule has 2 rings (SSSR count). The number of anilines is 1. The van der Waals surface area contributed by atoms with E-state index in [9.17, 15) is 0 Å². The Bertz CT molecular complexity index is 332. The van der Waals surface area contributed by atoms with E-state index < -0.39 is 0 Å². The summed E-state index contributed by atoms with van der Waals surface area (Å²) in [6, 6.07) is 2.12. The van der Waals surface area contributed by atoms with Crippen LogP contribution in [0, 0.1) is 0 Å². The molecule has 3 nitrogen and oxygen atoms in total. The van der Waals surface area contributed by atoms with Gasteiger partial charge in [-0.3, -0.25) is 0 Å². The first-order chi connectivity index (χ1) is 7.33. The van der Waals surface area contributed by atoms with Gasteiger partial charge in [-0.2, -0.15) is 0 Å². The second-order valence-electron chi connectivity index (χ2n) is 4.15. The standard InChI is InChI=1S/C12H19N3/c1-3-7-13-12-8-10(9-5-6-9)14-11(4-2)15-12/h8-9H,3-7H2,1-2H3,(H,13,14,15). The largest absolute Gasteiger partial charge is 0.370 e. The third kappa shape index (κ3) is 2.67. The van der Waals surface area contributed by atoms with Gasteiger partial charge in [0.1, 0.15) is 11.6 Å². The highest BCUT2D eigenvalue weighted by Gasteiger charge is 2.25. The Morgan fingerprint density at radius 3 is 2.73 bits per heavy atom. The minimum absolute atomic E-state index is 0.709. The zero-order valence-electron chi connectivity index (χ0n) is 9.58. The van der Waals surface area contributed by atoms with Crippen LogP contribution in [0.3, 0.4) is 0 Å². The van der Waals surface area contributed by atoms with Crippen LogP contribution in [0.15, 0.2) is 6.07 Å². The predicted octanol–water partition coefficient (Wildman–Crippen LogP) is 2.74. The Balaban J connectivity index is 2.16. The molecule has 0 radical (unpaired) electrons. The van der Waals surface area contributed by atoms with E-state index in [4.69, 9.17) is 0 Å². The summed E-state index contributed by atoms with van der Waals surface area (Å²) in [5.74, 6) is 2.68. The van der Waals surface area contributed by atoms with Crippen LogP contribution in [-0.4, -0.2) is 16.5 Å². The van der Waals surface area contributed by atoms with Crippen LogP contribution in [0.25, 0.3) is 0 Å². The summed E-state index contributed by atoms with van der Waals surface area (Å²) in [4.78, 5) is 9.05. The van der Waals surface area contributed by atoms with Gasteiger partial charge < -0.3 is 5.32 Å². The van der Waals surface area contributed by atoms with Crippen molar-refractivity contribution >= 4 is 5.82 Å². The smallest absolute Gasteiger partial charge is 0.130 e. The highest BCUT2D eigenvalue weighted by Crippen LogP contribution is 2.39. The molecule has 0 bridgehead atoms. The highest BCUT2D eigenvalue weighted by molar-refractivity contribution is 5.38. The Morgan fingerprint density at radius 2 is 2.13 bits per heavy atom. The lowest BCUT2D eigenvalue weighted by Crippen LogP contribution is -2.06. The molecular weight excluding hydrogens is 186 g/mol. The number of nitrogens with one attached hydrogen (secondary N) is 1. The Labute approximate surface area is 91.3 Å². The van der Waals surface area contributed by atoms with Gasteiger partial charge >= 0.3 is 0 Å². The Kier molecular flexibility index (Phi) is 3.19. The van der Waals surface area contributed by atoms with E-state index in [0.717, 1.165) is 31.0 Å². The summed E-state index contributed by atoms with van der Waals surface area (Å²) in [5.41, 5.74) is 1.24. The maximum absolute atomic E-state index is 4.57. The van der Waals surface area contributed by atoms with Crippen LogP contribution in [0.4, 0.5) is 5.82 Å². The van der Waals surface area contributed by atoms with Crippen LogP contribution >= 0.6 is 0 Å². The lowest BCUT2D eigenvalue weighted by molar-refractivity contribution is 0.873. The molecular formula is C12H19N3. The van der Waals surface area contributed by atoms with Gasteiger partial charge in [-0.05, 0) is 19.3 Å². The molecule has 1 fully saturated rings. The third-order valence-electron chi connectivity index (χ3n) is 2.66. The number of aromatic nitrogens is 2. The minimum Gasteiger partial charge on any atom is -0.370 e. The van der Waals surface area contributed by atoms with E-state index in [2.05, 4.69) is 35.2 Å². The fourth-order valence-electron chi connectivity index (χ4n) is 1.61. The Morgan fingerprint density at radius 1 is 1.33 bits per heavy atom. The van der Waals surface area contributed by atoms with Gasteiger partial charge in [-0.1, -0.05) is 13.8 Å². The van der Waals surface area contributed by atoms with Gasteiger partial charge in [0, 0.05) is 30.6 Å². The molecule has 0 spiro atoms. The van der Waals surface area contributed by atoms with E-state index in [1.165, 1.54) is 18.5 Å². The maximum atomic E-state index is 4.57.